The first kappa shape index (κ1) is 9.16. The Balaban J connectivity index is 2.03. The average molecular weight is 203 g/mol. The number of aryl methyl sites for hydroxylation is 1. The van der Waals surface area contributed by atoms with E-state index in [4.69, 9.17) is 0 Å². The number of anilines is 1. The monoisotopic (exact) mass is 203 g/mol. The van der Waals surface area contributed by atoms with E-state index in [0.29, 0.717) is 6.04 Å². The molecule has 80 valence electrons. The van der Waals surface area contributed by atoms with Gasteiger partial charge >= 0.3 is 0 Å². The molecule has 1 atom stereocenters. The number of nitrogens with zero attached hydrogens (tertiary/aromatic N) is 2. The number of pyridine rings is 1. The molecule has 1 aromatic rings. The summed E-state index contributed by atoms with van der Waals surface area (Å²) in [6.45, 7) is 5.51. The predicted octanol–water partition coefficient (Wildman–Crippen LogP) is 1.11. The van der Waals surface area contributed by atoms with Gasteiger partial charge in [0.05, 0.1) is 0 Å². The molecule has 3 nitrogen and oxygen atoms in total. The van der Waals surface area contributed by atoms with Gasteiger partial charge in [-0.2, -0.15) is 0 Å². The molecule has 0 aliphatic carbocycles. The van der Waals surface area contributed by atoms with Crippen molar-refractivity contribution in [2.45, 2.75) is 25.8 Å². The molecule has 0 aromatic carbocycles. The molecule has 1 fully saturated rings. The van der Waals surface area contributed by atoms with Gasteiger partial charge in [-0.25, -0.2) is 4.98 Å². The Morgan fingerprint density at radius 3 is 3.40 bits per heavy atom. The van der Waals surface area contributed by atoms with Gasteiger partial charge in [-0.15, -0.1) is 0 Å². The van der Waals surface area contributed by atoms with Gasteiger partial charge in [0.25, 0.3) is 0 Å². The van der Waals surface area contributed by atoms with Crippen molar-refractivity contribution in [2.75, 3.05) is 24.5 Å². The van der Waals surface area contributed by atoms with Crippen LogP contribution in [-0.2, 0) is 6.42 Å². The molecule has 1 unspecified atom stereocenters. The molecule has 1 saturated heterocycles. The Bertz CT molecular complexity index is 375. The van der Waals surface area contributed by atoms with Crippen molar-refractivity contribution in [3.63, 3.8) is 0 Å². The summed E-state index contributed by atoms with van der Waals surface area (Å²) < 4.78 is 0. The molecular formula is C12H17N3. The van der Waals surface area contributed by atoms with Crippen LogP contribution in [0.3, 0.4) is 0 Å². The second kappa shape index (κ2) is 3.49. The van der Waals surface area contributed by atoms with E-state index in [1.165, 1.54) is 29.8 Å². The minimum Gasteiger partial charge on any atom is -0.351 e. The maximum atomic E-state index is 4.56. The van der Waals surface area contributed by atoms with Gasteiger partial charge in [0.2, 0.25) is 0 Å². The number of piperazine rings is 1. The van der Waals surface area contributed by atoms with Gasteiger partial charge in [-0.1, -0.05) is 0 Å². The van der Waals surface area contributed by atoms with E-state index in [2.05, 4.69) is 28.2 Å². The standard InChI is InChI=1S/C12H17N3/c1-9-4-5-14-12-11(9)3-2-10-8-13-6-7-15(10)12/h4-5,10,13H,2-3,6-8H2,1H3. The summed E-state index contributed by atoms with van der Waals surface area (Å²) >= 11 is 0. The third kappa shape index (κ3) is 1.42. The zero-order chi connectivity index (χ0) is 10.3. The lowest BCUT2D eigenvalue weighted by atomic mass is 9.94. The van der Waals surface area contributed by atoms with Gasteiger partial charge in [0.1, 0.15) is 5.82 Å². The smallest absolute Gasteiger partial charge is 0.132 e. The first-order valence-corrected chi connectivity index (χ1v) is 5.78. The van der Waals surface area contributed by atoms with Crippen LogP contribution in [0.1, 0.15) is 17.5 Å². The van der Waals surface area contributed by atoms with E-state index >= 15 is 0 Å². The molecule has 1 aromatic heterocycles. The third-order valence-corrected chi connectivity index (χ3v) is 3.62. The molecule has 1 N–H and O–H groups in total. The summed E-state index contributed by atoms with van der Waals surface area (Å²) in [7, 11) is 0. The molecule has 3 rings (SSSR count). The average Bonchev–Trinajstić information content (AvgIpc) is 2.29. The summed E-state index contributed by atoms with van der Waals surface area (Å²) in [5.74, 6) is 1.24. The van der Waals surface area contributed by atoms with E-state index < -0.39 is 0 Å². The van der Waals surface area contributed by atoms with Crippen molar-refractivity contribution in [1.82, 2.24) is 10.3 Å². The van der Waals surface area contributed by atoms with Gasteiger partial charge in [-0.05, 0) is 37.0 Å². The lowest BCUT2D eigenvalue weighted by Crippen LogP contribution is -2.53. The highest BCUT2D eigenvalue weighted by Crippen LogP contribution is 2.30. The zero-order valence-electron chi connectivity index (χ0n) is 9.16. The molecule has 2 aliphatic heterocycles. The molecule has 3 heterocycles. The lowest BCUT2D eigenvalue weighted by Gasteiger charge is -2.41. The fraction of sp³-hybridized carbons (Fsp3) is 0.583. The maximum absolute atomic E-state index is 4.56. The molecule has 0 bridgehead atoms. The molecule has 0 spiro atoms. The maximum Gasteiger partial charge on any atom is 0.132 e. The van der Waals surface area contributed by atoms with Gasteiger partial charge < -0.3 is 10.2 Å². The predicted molar refractivity (Wildman–Crippen MR) is 61.3 cm³/mol. The fourth-order valence-corrected chi connectivity index (χ4v) is 2.74. The van der Waals surface area contributed by atoms with E-state index in [1.54, 1.807) is 0 Å². The largest absolute Gasteiger partial charge is 0.351 e. The van der Waals surface area contributed by atoms with Crippen LogP contribution >= 0.6 is 0 Å². The van der Waals surface area contributed by atoms with Crippen molar-refractivity contribution in [1.29, 1.82) is 0 Å². The summed E-state index contributed by atoms with van der Waals surface area (Å²) in [5.41, 5.74) is 2.87. The quantitative estimate of drug-likeness (QED) is 0.684. The van der Waals surface area contributed by atoms with Crippen LogP contribution in [0.15, 0.2) is 12.3 Å². The number of nitrogens with one attached hydrogen (secondary N) is 1. The lowest BCUT2D eigenvalue weighted by molar-refractivity contribution is 0.435. The van der Waals surface area contributed by atoms with Crippen molar-refractivity contribution in [2.24, 2.45) is 0 Å². The highest BCUT2D eigenvalue weighted by atomic mass is 15.3. The molecule has 3 heteroatoms. The van der Waals surface area contributed by atoms with Gasteiger partial charge in [-0.3, -0.25) is 0 Å². The van der Waals surface area contributed by atoms with Crippen LogP contribution in [0.2, 0.25) is 0 Å². The summed E-state index contributed by atoms with van der Waals surface area (Å²) in [4.78, 5) is 7.05. The molecule has 2 aliphatic rings. The molecule has 0 radical (unpaired) electrons. The van der Waals surface area contributed by atoms with Crippen molar-refractivity contribution in [3.05, 3.63) is 23.4 Å². The number of hydrogen-bond donors (Lipinski definition) is 1. The van der Waals surface area contributed by atoms with Crippen LogP contribution in [-0.4, -0.2) is 30.7 Å². The Hall–Kier alpha value is -1.09. The normalized spacial score (nSPS) is 24.6. The van der Waals surface area contributed by atoms with Crippen LogP contribution in [0.5, 0.6) is 0 Å². The first-order valence-electron chi connectivity index (χ1n) is 5.78. The minimum absolute atomic E-state index is 0.667. The summed E-state index contributed by atoms with van der Waals surface area (Å²) in [5, 5.41) is 3.46. The van der Waals surface area contributed by atoms with E-state index in [9.17, 15) is 0 Å². The van der Waals surface area contributed by atoms with Crippen LogP contribution in [0, 0.1) is 6.92 Å². The Morgan fingerprint density at radius 2 is 2.47 bits per heavy atom. The SMILES string of the molecule is Cc1ccnc2c1CCC1CNCCN21. The van der Waals surface area contributed by atoms with Gasteiger partial charge in [0, 0.05) is 31.9 Å². The number of hydrogen-bond acceptors (Lipinski definition) is 3. The van der Waals surface area contributed by atoms with Crippen molar-refractivity contribution in [3.8, 4) is 0 Å². The molecule has 15 heavy (non-hydrogen) atoms. The first-order chi connectivity index (χ1) is 7.36. The van der Waals surface area contributed by atoms with Crippen molar-refractivity contribution >= 4 is 5.82 Å². The van der Waals surface area contributed by atoms with Crippen molar-refractivity contribution < 1.29 is 0 Å². The van der Waals surface area contributed by atoms with E-state index in [0.717, 1.165) is 19.6 Å². The summed E-state index contributed by atoms with van der Waals surface area (Å²) in [6.07, 6.45) is 4.41. The van der Waals surface area contributed by atoms with Crippen LogP contribution in [0.4, 0.5) is 5.82 Å². The van der Waals surface area contributed by atoms with E-state index in [1.807, 2.05) is 6.20 Å². The second-order valence-electron chi connectivity index (χ2n) is 4.52. The Labute approximate surface area is 90.5 Å². The summed E-state index contributed by atoms with van der Waals surface area (Å²) in [6, 6.07) is 2.79. The molecular weight excluding hydrogens is 186 g/mol. The minimum atomic E-state index is 0.667. The van der Waals surface area contributed by atoms with Gasteiger partial charge in [0.15, 0.2) is 0 Å². The van der Waals surface area contributed by atoms with Crippen LogP contribution < -0.4 is 10.2 Å². The third-order valence-electron chi connectivity index (χ3n) is 3.62. The fourth-order valence-electron chi connectivity index (χ4n) is 2.74. The Kier molecular flexibility index (Phi) is 2.13. The molecule has 0 saturated carbocycles. The Morgan fingerprint density at radius 1 is 1.53 bits per heavy atom. The zero-order valence-corrected chi connectivity index (χ0v) is 9.16. The number of aromatic nitrogens is 1. The van der Waals surface area contributed by atoms with Crippen LogP contribution in [0.25, 0.3) is 0 Å². The second-order valence-corrected chi connectivity index (χ2v) is 4.52. The topological polar surface area (TPSA) is 28.2 Å². The van der Waals surface area contributed by atoms with E-state index in [-0.39, 0.29) is 0 Å². The number of fused-ring (bicyclic) bond motifs is 3. The number of rotatable bonds is 0. The highest BCUT2D eigenvalue weighted by molar-refractivity contribution is 5.53. The highest BCUT2D eigenvalue weighted by Gasteiger charge is 2.29. The molecule has 0 amide bonds.